The van der Waals surface area contributed by atoms with Crippen LogP contribution in [0.5, 0.6) is 0 Å². The first-order valence-corrected chi connectivity index (χ1v) is 9.77. The van der Waals surface area contributed by atoms with Gasteiger partial charge in [-0.15, -0.1) is 0 Å². The molecule has 128 valence electrons. The molecule has 3 aromatic rings. The summed E-state index contributed by atoms with van der Waals surface area (Å²) in [5.74, 6) is 0. The van der Waals surface area contributed by atoms with Crippen molar-refractivity contribution in [3.63, 3.8) is 0 Å². The second-order valence-electron chi connectivity index (χ2n) is 7.73. The lowest BCUT2D eigenvalue weighted by atomic mass is 9.87. The van der Waals surface area contributed by atoms with Gasteiger partial charge in [0.2, 0.25) is 0 Å². The van der Waals surface area contributed by atoms with Crippen LogP contribution in [0.3, 0.4) is 0 Å². The van der Waals surface area contributed by atoms with Gasteiger partial charge in [-0.25, -0.2) is 0 Å². The molecule has 26 heavy (non-hydrogen) atoms. The highest BCUT2D eigenvalue weighted by atomic mass is 14.3. The summed E-state index contributed by atoms with van der Waals surface area (Å²) in [6.07, 6.45) is 10.4. The van der Waals surface area contributed by atoms with Gasteiger partial charge in [-0.2, -0.15) is 0 Å². The Morgan fingerprint density at radius 2 is 1.96 bits per heavy atom. The van der Waals surface area contributed by atoms with Gasteiger partial charge in [-0.1, -0.05) is 61.1 Å². The Hall–Kier alpha value is -2.60. The number of rotatable bonds is 1. The molecule has 0 N–H and O–H groups in total. The maximum Gasteiger partial charge on any atom is -0.00149 e. The fourth-order valence-corrected chi connectivity index (χ4v) is 4.86. The number of aryl methyl sites for hydroxylation is 1. The standard InChI is InChI=1S/C26H24/c1-4-8-20-21-12-7-10-18-15-23-19-11-6-5-9-17(19)13-14-22(23)26(25(18)21)24(20)16(2)3/h6-8,10-15H,4-5,9H2,1-3H3/b20-8+. The first-order chi connectivity index (χ1) is 12.7. The third kappa shape index (κ3) is 2.02. The fourth-order valence-electron chi connectivity index (χ4n) is 4.86. The SMILES string of the molecule is CC/C=C1/C(=C(C)C)c2c3ccc4c(c3cc3cccc1c23)C=CCC4. The van der Waals surface area contributed by atoms with E-state index in [9.17, 15) is 0 Å². The van der Waals surface area contributed by atoms with Crippen molar-refractivity contribution >= 4 is 38.8 Å². The van der Waals surface area contributed by atoms with E-state index in [2.05, 4.69) is 75.4 Å². The van der Waals surface area contributed by atoms with Gasteiger partial charge in [0.05, 0.1) is 0 Å². The molecule has 0 aromatic heterocycles. The lowest BCUT2D eigenvalue weighted by molar-refractivity contribution is 0.990. The van der Waals surface area contributed by atoms with Crippen LogP contribution in [0.4, 0.5) is 0 Å². The summed E-state index contributed by atoms with van der Waals surface area (Å²) in [5, 5.41) is 5.63. The summed E-state index contributed by atoms with van der Waals surface area (Å²) < 4.78 is 0. The molecule has 0 saturated carbocycles. The highest BCUT2D eigenvalue weighted by molar-refractivity contribution is 6.28. The Kier molecular flexibility index (Phi) is 3.43. The van der Waals surface area contributed by atoms with E-state index in [1.165, 1.54) is 60.5 Å². The molecule has 0 aliphatic heterocycles. The van der Waals surface area contributed by atoms with E-state index in [-0.39, 0.29) is 0 Å². The second kappa shape index (κ2) is 5.71. The van der Waals surface area contributed by atoms with Gasteiger partial charge >= 0.3 is 0 Å². The molecule has 0 amide bonds. The van der Waals surface area contributed by atoms with Crippen LogP contribution in [0.15, 0.2) is 54.1 Å². The monoisotopic (exact) mass is 336 g/mol. The second-order valence-corrected chi connectivity index (χ2v) is 7.73. The molecule has 0 fully saturated rings. The van der Waals surface area contributed by atoms with Crippen molar-refractivity contribution in [2.24, 2.45) is 0 Å². The van der Waals surface area contributed by atoms with Gasteiger partial charge in [0.15, 0.2) is 0 Å². The number of fused-ring (bicyclic) bond motifs is 4. The third-order valence-electron chi connectivity index (χ3n) is 5.88. The molecule has 0 unspecified atom stereocenters. The van der Waals surface area contributed by atoms with E-state index in [4.69, 9.17) is 0 Å². The molecular formula is C26H24. The van der Waals surface area contributed by atoms with Crippen LogP contribution in [-0.2, 0) is 6.42 Å². The molecule has 0 heterocycles. The molecule has 0 heteroatoms. The van der Waals surface area contributed by atoms with E-state index in [0.29, 0.717) is 0 Å². The maximum atomic E-state index is 2.42. The van der Waals surface area contributed by atoms with Gasteiger partial charge in [-0.3, -0.25) is 0 Å². The highest BCUT2D eigenvalue weighted by Crippen LogP contribution is 2.51. The van der Waals surface area contributed by atoms with Crippen molar-refractivity contribution in [3.8, 4) is 0 Å². The molecular weight excluding hydrogens is 312 g/mol. The van der Waals surface area contributed by atoms with Crippen molar-refractivity contribution in [2.75, 3.05) is 0 Å². The minimum absolute atomic E-state index is 1.06. The minimum Gasteiger partial charge on any atom is -0.0836 e. The Bertz CT molecular complexity index is 1160. The lowest BCUT2D eigenvalue weighted by Gasteiger charge is -2.17. The Balaban J connectivity index is 2.01. The van der Waals surface area contributed by atoms with Crippen LogP contribution < -0.4 is 0 Å². The van der Waals surface area contributed by atoms with E-state index >= 15 is 0 Å². The normalized spacial score (nSPS) is 16.7. The predicted octanol–water partition coefficient (Wildman–Crippen LogP) is 7.55. The minimum atomic E-state index is 1.06. The molecule has 0 saturated heterocycles. The summed E-state index contributed by atoms with van der Waals surface area (Å²) in [7, 11) is 0. The van der Waals surface area contributed by atoms with Crippen molar-refractivity contribution in [1.29, 1.82) is 0 Å². The molecule has 0 atom stereocenters. The average Bonchev–Trinajstić information content (AvgIpc) is 2.98. The summed E-state index contributed by atoms with van der Waals surface area (Å²) in [6.45, 7) is 6.75. The van der Waals surface area contributed by atoms with E-state index in [1.807, 2.05) is 0 Å². The maximum absolute atomic E-state index is 2.42. The predicted molar refractivity (Wildman–Crippen MR) is 115 cm³/mol. The van der Waals surface area contributed by atoms with Gasteiger partial charge in [0.25, 0.3) is 0 Å². The first kappa shape index (κ1) is 15.6. The topological polar surface area (TPSA) is 0 Å². The molecule has 0 nitrogen and oxygen atoms in total. The largest absolute Gasteiger partial charge is 0.0836 e. The lowest BCUT2D eigenvalue weighted by Crippen LogP contribution is -1.96. The van der Waals surface area contributed by atoms with Crippen LogP contribution >= 0.6 is 0 Å². The molecule has 0 bridgehead atoms. The molecule has 2 aliphatic rings. The number of hydrogen-bond donors (Lipinski definition) is 0. The zero-order valence-corrected chi connectivity index (χ0v) is 15.8. The van der Waals surface area contributed by atoms with Crippen molar-refractivity contribution < 1.29 is 0 Å². The van der Waals surface area contributed by atoms with Gasteiger partial charge in [0, 0.05) is 0 Å². The summed E-state index contributed by atoms with van der Waals surface area (Å²) in [6, 6.07) is 13.9. The van der Waals surface area contributed by atoms with Gasteiger partial charge < -0.3 is 0 Å². The van der Waals surface area contributed by atoms with E-state index < -0.39 is 0 Å². The molecule has 2 aliphatic carbocycles. The van der Waals surface area contributed by atoms with Crippen molar-refractivity contribution in [2.45, 2.75) is 40.0 Å². The first-order valence-electron chi connectivity index (χ1n) is 9.77. The van der Waals surface area contributed by atoms with Crippen LogP contribution in [-0.4, -0.2) is 0 Å². The molecule has 3 aromatic carbocycles. The summed E-state index contributed by atoms with van der Waals surface area (Å²) in [4.78, 5) is 0. The van der Waals surface area contributed by atoms with E-state index in [1.54, 1.807) is 0 Å². The van der Waals surface area contributed by atoms with Crippen molar-refractivity contribution in [3.05, 3.63) is 76.4 Å². The quantitative estimate of drug-likeness (QED) is 0.402. The average molecular weight is 336 g/mol. The smallest absolute Gasteiger partial charge is 0.00149 e. The summed E-state index contributed by atoms with van der Waals surface area (Å²) >= 11 is 0. The summed E-state index contributed by atoms with van der Waals surface area (Å²) in [5.41, 5.74) is 10.1. The number of hydrogen-bond acceptors (Lipinski definition) is 0. The highest BCUT2D eigenvalue weighted by Gasteiger charge is 2.27. The Morgan fingerprint density at radius 3 is 2.77 bits per heavy atom. The Morgan fingerprint density at radius 1 is 1.08 bits per heavy atom. The van der Waals surface area contributed by atoms with Crippen LogP contribution in [0.2, 0.25) is 0 Å². The van der Waals surface area contributed by atoms with Crippen LogP contribution in [0, 0.1) is 0 Å². The molecule has 0 spiro atoms. The molecule has 0 radical (unpaired) electrons. The number of benzene rings is 3. The van der Waals surface area contributed by atoms with Crippen LogP contribution in [0.1, 0.15) is 55.9 Å². The van der Waals surface area contributed by atoms with Gasteiger partial charge in [-0.05, 0) is 94.1 Å². The third-order valence-corrected chi connectivity index (χ3v) is 5.88. The zero-order chi connectivity index (χ0) is 17.8. The number of allylic oxidation sites excluding steroid dienone is 5. The van der Waals surface area contributed by atoms with Gasteiger partial charge in [0.1, 0.15) is 0 Å². The Labute approximate surface area is 155 Å². The molecule has 5 rings (SSSR count). The zero-order valence-electron chi connectivity index (χ0n) is 15.8. The van der Waals surface area contributed by atoms with Crippen LogP contribution in [0.25, 0.3) is 38.8 Å². The van der Waals surface area contributed by atoms with E-state index in [0.717, 1.165) is 19.3 Å². The fraction of sp³-hybridized carbons (Fsp3) is 0.231. The van der Waals surface area contributed by atoms with Crippen molar-refractivity contribution in [1.82, 2.24) is 0 Å².